The maximum absolute atomic E-state index is 11.1. The molecule has 2 aliphatic heterocycles. The normalized spacial score (nSPS) is 29.2. The largest absolute Gasteiger partial charge is 0.390 e. The van der Waals surface area contributed by atoms with Gasteiger partial charge < -0.3 is 10.8 Å². The van der Waals surface area contributed by atoms with Gasteiger partial charge in [-0.15, -0.1) is 0 Å². The van der Waals surface area contributed by atoms with Crippen LogP contribution in [0.25, 0.3) is 0 Å². The average Bonchev–Trinajstić information content (AvgIpc) is 2.94. The third-order valence-electron chi connectivity index (χ3n) is 5.47. The topological polar surface area (TPSA) is 69.8 Å². The summed E-state index contributed by atoms with van der Waals surface area (Å²) in [6.07, 6.45) is 3.71. The molecule has 2 fully saturated rings. The molecule has 0 unspecified atom stereocenters. The Bertz CT molecular complexity index is 536. The highest BCUT2D eigenvalue weighted by molar-refractivity contribution is 5.75. The highest BCUT2D eigenvalue weighted by Crippen LogP contribution is 2.38. The van der Waals surface area contributed by atoms with Gasteiger partial charge in [0.1, 0.15) is 0 Å². The van der Waals surface area contributed by atoms with Gasteiger partial charge in [0.2, 0.25) is 5.91 Å². The van der Waals surface area contributed by atoms with E-state index in [1.165, 1.54) is 5.56 Å². The van der Waals surface area contributed by atoms with Gasteiger partial charge >= 0.3 is 0 Å². The number of hydrogen-bond donors (Lipinski definition) is 2. The van der Waals surface area contributed by atoms with E-state index >= 15 is 0 Å². The third-order valence-corrected chi connectivity index (χ3v) is 5.47. The van der Waals surface area contributed by atoms with Crippen molar-refractivity contribution in [3.05, 3.63) is 35.9 Å². The van der Waals surface area contributed by atoms with Gasteiger partial charge in [-0.05, 0) is 37.8 Å². The zero-order valence-corrected chi connectivity index (χ0v) is 13.7. The Morgan fingerprint density at radius 3 is 2.74 bits per heavy atom. The van der Waals surface area contributed by atoms with E-state index in [1.54, 1.807) is 0 Å². The molecule has 0 aromatic heterocycles. The number of nitrogens with zero attached hydrogens (tertiary/aromatic N) is 2. The summed E-state index contributed by atoms with van der Waals surface area (Å²) in [6.45, 7) is 3.67. The van der Waals surface area contributed by atoms with Crippen LogP contribution in [0.3, 0.4) is 0 Å². The number of piperidine rings is 1. The molecule has 2 heterocycles. The first-order chi connectivity index (χ1) is 11.1. The van der Waals surface area contributed by atoms with Gasteiger partial charge in [0.25, 0.3) is 0 Å². The number of carbonyl (C=O) groups is 1. The second kappa shape index (κ2) is 6.99. The lowest BCUT2D eigenvalue weighted by Crippen LogP contribution is -2.62. The number of amides is 1. The summed E-state index contributed by atoms with van der Waals surface area (Å²) >= 11 is 0. The molecule has 23 heavy (non-hydrogen) atoms. The van der Waals surface area contributed by atoms with Crippen LogP contribution in [0.2, 0.25) is 0 Å². The predicted molar refractivity (Wildman–Crippen MR) is 89.9 cm³/mol. The standard InChI is InChI=1S/C18H27N3O2/c19-17(23)14-20-12-9-18(16(22)13-20)8-4-10-21(18)11-7-15-5-2-1-3-6-15/h1-3,5-6,16,22H,4,7-14H2,(H2,19,23)/t16-,18-/m0/s1. The average molecular weight is 317 g/mol. The smallest absolute Gasteiger partial charge is 0.231 e. The second-order valence-electron chi connectivity index (χ2n) is 6.90. The number of aliphatic hydroxyl groups is 1. The van der Waals surface area contributed by atoms with Crippen molar-refractivity contribution in [2.75, 3.05) is 32.7 Å². The summed E-state index contributed by atoms with van der Waals surface area (Å²) in [6, 6.07) is 10.5. The van der Waals surface area contributed by atoms with E-state index in [-0.39, 0.29) is 18.0 Å². The van der Waals surface area contributed by atoms with Crippen LogP contribution in [0.5, 0.6) is 0 Å². The number of β-amino-alcohol motifs (C(OH)–C–C–N with tert-alkyl or cyclic N) is 1. The lowest BCUT2D eigenvalue weighted by molar-refractivity contribution is -0.121. The van der Waals surface area contributed by atoms with Crippen molar-refractivity contribution >= 4 is 5.91 Å². The van der Waals surface area contributed by atoms with Crippen molar-refractivity contribution in [2.45, 2.75) is 37.3 Å². The van der Waals surface area contributed by atoms with Crippen LogP contribution in [0.4, 0.5) is 0 Å². The SMILES string of the molecule is NC(=O)CN1CC[C@@]2(CCCN2CCc2ccccc2)[C@@H](O)C1. The van der Waals surface area contributed by atoms with Gasteiger partial charge in [0.05, 0.1) is 12.6 Å². The number of aliphatic hydroxyl groups excluding tert-OH is 1. The first kappa shape index (κ1) is 16.4. The number of primary amides is 1. The highest BCUT2D eigenvalue weighted by Gasteiger charge is 2.48. The number of benzene rings is 1. The van der Waals surface area contributed by atoms with Crippen molar-refractivity contribution in [3.8, 4) is 0 Å². The quantitative estimate of drug-likeness (QED) is 0.835. The molecule has 0 radical (unpaired) electrons. The maximum atomic E-state index is 11.1. The first-order valence-electron chi connectivity index (χ1n) is 8.58. The van der Waals surface area contributed by atoms with Gasteiger partial charge in [-0.3, -0.25) is 14.6 Å². The summed E-state index contributed by atoms with van der Waals surface area (Å²) < 4.78 is 0. The van der Waals surface area contributed by atoms with Gasteiger partial charge in [0.15, 0.2) is 0 Å². The van der Waals surface area contributed by atoms with E-state index in [9.17, 15) is 9.90 Å². The second-order valence-corrected chi connectivity index (χ2v) is 6.90. The van der Waals surface area contributed by atoms with Gasteiger partial charge in [0, 0.05) is 25.2 Å². The van der Waals surface area contributed by atoms with Crippen molar-refractivity contribution in [1.82, 2.24) is 9.80 Å². The Labute approximate surface area is 138 Å². The molecule has 5 heteroatoms. The number of rotatable bonds is 5. The maximum Gasteiger partial charge on any atom is 0.231 e. The van der Waals surface area contributed by atoms with Crippen LogP contribution >= 0.6 is 0 Å². The van der Waals surface area contributed by atoms with Crippen LogP contribution in [-0.2, 0) is 11.2 Å². The summed E-state index contributed by atoms with van der Waals surface area (Å²) in [5.41, 5.74) is 6.52. The van der Waals surface area contributed by atoms with Crippen LogP contribution in [0.1, 0.15) is 24.8 Å². The molecule has 1 aromatic carbocycles. The Morgan fingerprint density at radius 1 is 1.26 bits per heavy atom. The third kappa shape index (κ3) is 3.57. The Balaban J connectivity index is 1.62. The zero-order chi connectivity index (χ0) is 16.3. The number of hydrogen-bond acceptors (Lipinski definition) is 4. The molecule has 5 nitrogen and oxygen atoms in total. The number of likely N-dealkylation sites (tertiary alicyclic amines) is 2. The lowest BCUT2D eigenvalue weighted by atomic mass is 9.82. The lowest BCUT2D eigenvalue weighted by Gasteiger charge is -2.48. The molecule has 3 rings (SSSR count). The molecule has 2 aliphatic rings. The van der Waals surface area contributed by atoms with Crippen LogP contribution in [0, 0.1) is 0 Å². The van der Waals surface area contributed by atoms with E-state index in [0.29, 0.717) is 6.54 Å². The Hall–Kier alpha value is -1.43. The fourth-order valence-electron chi connectivity index (χ4n) is 4.25. The van der Waals surface area contributed by atoms with E-state index < -0.39 is 6.10 Å². The minimum Gasteiger partial charge on any atom is -0.390 e. The van der Waals surface area contributed by atoms with Crippen LogP contribution in [-0.4, -0.2) is 65.2 Å². The Kier molecular flexibility index (Phi) is 4.99. The highest BCUT2D eigenvalue weighted by atomic mass is 16.3. The van der Waals surface area contributed by atoms with Crippen molar-refractivity contribution < 1.29 is 9.90 Å². The number of carbonyl (C=O) groups excluding carboxylic acids is 1. The monoisotopic (exact) mass is 317 g/mol. The minimum atomic E-state index is -0.408. The van der Waals surface area contributed by atoms with E-state index in [4.69, 9.17) is 5.73 Å². The molecule has 126 valence electrons. The molecule has 0 aliphatic carbocycles. The van der Waals surface area contributed by atoms with E-state index in [2.05, 4.69) is 29.2 Å². The molecule has 2 saturated heterocycles. The molecule has 0 saturated carbocycles. The summed E-state index contributed by atoms with van der Waals surface area (Å²) in [5.74, 6) is -0.319. The number of nitrogens with two attached hydrogens (primary N) is 1. The van der Waals surface area contributed by atoms with Gasteiger partial charge in [-0.25, -0.2) is 0 Å². The predicted octanol–water partition coefficient (Wildman–Crippen LogP) is 0.616. The molecule has 3 N–H and O–H groups in total. The van der Waals surface area contributed by atoms with Crippen molar-refractivity contribution in [1.29, 1.82) is 0 Å². The van der Waals surface area contributed by atoms with E-state index in [1.807, 2.05) is 11.0 Å². The molecule has 1 aromatic rings. The van der Waals surface area contributed by atoms with Crippen LogP contribution < -0.4 is 5.73 Å². The minimum absolute atomic E-state index is 0.108. The van der Waals surface area contributed by atoms with E-state index in [0.717, 1.165) is 45.3 Å². The molecule has 2 atom stereocenters. The summed E-state index contributed by atoms with van der Waals surface area (Å²) in [7, 11) is 0. The molecule has 1 spiro atoms. The zero-order valence-electron chi connectivity index (χ0n) is 13.7. The van der Waals surface area contributed by atoms with Gasteiger partial charge in [-0.1, -0.05) is 30.3 Å². The molecular formula is C18H27N3O2. The molecular weight excluding hydrogens is 290 g/mol. The molecule has 0 bridgehead atoms. The van der Waals surface area contributed by atoms with Gasteiger partial charge in [-0.2, -0.15) is 0 Å². The fraction of sp³-hybridized carbons (Fsp3) is 0.611. The van der Waals surface area contributed by atoms with Crippen molar-refractivity contribution in [2.24, 2.45) is 5.73 Å². The Morgan fingerprint density at radius 2 is 2.04 bits per heavy atom. The molecule has 1 amide bonds. The van der Waals surface area contributed by atoms with Crippen LogP contribution in [0.15, 0.2) is 30.3 Å². The summed E-state index contributed by atoms with van der Waals surface area (Å²) in [5, 5.41) is 10.8. The fourth-order valence-corrected chi connectivity index (χ4v) is 4.25. The van der Waals surface area contributed by atoms with Crippen molar-refractivity contribution in [3.63, 3.8) is 0 Å². The first-order valence-corrected chi connectivity index (χ1v) is 8.58. The summed E-state index contributed by atoms with van der Waals surface area (Å²) in [4.78, 5) is 15.6.